The number of rotatable bonds is 15. The number of thiazole rings is 2. The van der Waals surface area contributed by atoms with Crippen molar-refractivity contribution < 1.29 is 48.2 Å². The predicted octanol–water partition coefficient (Wildman–Crippen LogP) is 2.19. The molecule has 8 heterocycles. The van der Waals surface area contributed by atoms with Crippen LogP contribution >= 0.6 is 22.7 Å². The first-order valence-electron chi connectivity index (χ1n) is 23.1. The normalized spacial score (nSPS) is 20.7. The van der Waals surface area contributed by atoms with Crippen molar-refractivity contribution in [3.8, 4) is 33.0 Å². The summed E-state index contributed by atoms with van der Waals surface area (Å²) in [6.07, 6.45) is 1.59. The first-order chi connectivity index (χ1) is 34.0. The van der Waals surface area contributed by atoms with Gasteiger partial charge in [0.15, 0.2) is 33.0 Å². The third-order valence-corrected chi connectivity index (χ3v) is 14.3. The van der Waals surface area contributed by atoms with Gasteiger partial charge in [-0.2, -0.15) is 0 Å². The number of nitrogens with one attached hydrogen (secondary N) is 2. The lowest BCUT2D eigenvalue weighted by Gasteiger charge is -2.36. The molecular formula is C46H54N12O10S2. The van der Waals surface area contributed by atoms with Gasteiger partial charge in [0.25, 0.3) is 11.8 Å². The fraction of sp³-hybridized carbons (Fsp3) is 0.478. The van der Waals surface area contributed by atoms with Gasteiger partial charge < -0.3 is 38.6 Å². The molecule has 4 atom stereocenters. The number of carbonyl (C=O) groups is 2. The summed E-state index contributed by atoms with van der Waals surface area (Å²) in [5.41, 5.74) is 2.33. The summed E-state index contributed by atoms with van der Waals surface area (Å²) < 4.78 is 35.0. The number of amidine groups is 2. The molecule has 22 nitrogen and oxygen atoms in total. The van der Waals surface area contributed by atoms with Crippen molar-refractivity contribution in [2.24, 2.45) is 20.0 Å². The Labute approximate surface area is 411 Å². The summed E-state index contributed by atoms with van der Waals surface area (Å²) in [5, 5.41) is 28.4. The van der Waals surface area contributed by atoms with E-state index in [9.17, 15) is 19.8 Å². The second-order valence-electron chi connectivity index (χ2n) is 17.4. The van der Waals surface area contributed by atoms with Gasteiger partial charge in [0, 0.05) is 63.5 Å². The number of hydrogen-bond acceptors (Lipinski definition) is 22. The summed E-state index contributed by atoms with van der Waals surface area (Å²) in [6.45, 7) is 11.2. The van der Waals surface area contributed by atoms with Crippen LogP contribution in [0.2, 0.25) is 0 Å². The van der Waals surface area contributed by atoms with Gasteiger partial charge in [0.2, 0.25) is 11.9 Å². The number of fused-ring (bicyclic) bond motifs is 6. The zero-order chi connectivity index (χ0) is 48.5. The minimum Gasteiger partial charge on any atom is -0.491 e. The van der Waals surface area contributed by atoms with Crippen LogP contribution in [0.25, 0.3) is 10.0 Å². The lowest BCUT2D eigenvalue weighted by Crippen LogP contribution is -2.48. The highest BCUT2D eigenvalue weighted by molar-refractivity contribution is 7.23. The minimum atomic E-state index is -0.757. The molecule has 2 fully saturated rings. The molecule has 0 saturated carbocycles. The summed E-state index contributed by atoms with van der Waals surface area (Å²) in [4.78, 5) is 64.4. The maximum atomic E-state index is 13.9. The van der Waals surface area contributed by atoms with E-state index in [0.717, 1.165) is 60.0 Å². The maximum Gasteiger partial charge on any atom is 0.269 e. The van der Waals surface area contributed by atoms with Crippen molar-refractivity contribution in [2.45, 2.75) is 38.3 Å². The lowest BCUT2D eigenvalue weighted by molar-refractivity contribution is -0.0787. The van der Waals surface area contributed by atoms with Crippen LogP contribution in [0.4, 0.5) is 11.4 Å². The van der Waals surface area contributed by atoms with Crippen molar-refractivity contribution in [3.05, 3.63) is 57.5 Å². The van der Waals surface area contributed by atoms with Crippen molar-refractivity contribution in [2.75, 3.05) is 106 Å². The van der Waals surface area contributed by atoms with E-state index in [1.165, 1.54) is 26.6 Å². The molecule has 2 aromatic heterocycles. The highest BCUT2D eigenvalue weighted by atomic mass is 32.1. The van der Waals surface area contributed by atoms with E-state index in [1.807, 2.05) is 35.8 Å². The first-order valence-corrected chi connectivity index (χ1v) is 24.7. The molecule has 2 amide bonds. The van der Waals surface area contributed by atoms with Crippen LogP contribution in [0.1, 0.15) is 44.3 Å². The minimum absolute atomic E-state index is 0.0326. The SMILES string of the molecule is COc1c(OC[C@@H](O)CN2CCOCC2)ccc2c1N=C(NC(=O)c1cnc(-c3ncc(C(=O)NC4=Nc5c(ccc(OC[C@@H](O)CN6C[C@@H](C)O[C@@H](C)C6)c5OC)C5=NCCN45)s3)s1)N1CCN=C21. The van der Waals surface area contributed by atoms with E-state index in [-0.39, 0.29) is 37.3 Å². The molecule has 24 heteroatoms. The quantitative estimate of drug-likeness (QED) is 0.133. The molecule has 0 spiro atoms. The van der Waals surface area contributed by atoms with E-state index in [0.29, 0.717) is 118 Å². The summed E-state index contributed by atoms with van der Waals surface area (Å²) in [6, 6.07) is 7.26. The number of carbonyl (C=O) groups excluding carboxylic acids is 2. The predicted molar refractivity (Wildman–Crippen MR) is 261 cm³/mol. The second-order valence-corrected chi connectivity index (χ2v) is 19.4. The molecule has 6 aliphatic heterocycles. The Morgan fingerprint density at radius 1 is 0.714 bits per heavy atom. The van der Waals surface area contributed by atoms with Crippen molar-refractivity contribution >= 4 is 69.5 Å². The second kappa shape index (κ2) is 20.7. The van der Waals surface area contributed by atoms with Gasteiger partial charge in [-0.15, -0.1) is 22.7 Å². The largest absolute Gasteiger partial charge is 0.491 e. The molecule has 70 heavy (non-hydrogen) atoms. The number of morpholine rings is 2. The maximum absolute atomic E-state index is 13.9. The molecule has 0 unspecified atom stereocenters. The van der Waals surface area contributed by atoms with Crippen LogP contribution in [0, 0.1) is 0 Å². The molecule has 6 aliphatic rings. The number of amides is 2. The highest BCUT2D eigenvalue weighted by Gasteiger charge is 2.36. The number of ether oxygens (including phenoxy) is 6. The Hall–Kier alpha value is -6.12. The van der Waals surface area contributed by atoms with Gasteiger partial charge in [0.1, 0.15) is 58.2 Å². The summed E-state index contributed by atoms with van der Waals surface area (Å²) in [5.74, 6) is 2.42. The van der Waals surface area contributed by atoms with Gasteiger partial charge in [-0.05, 0) is 38.1 Å². The van der Waals surface area contributed by atoms with Gasteiger partial charge in [0.05, 0.1) is 65.1 Å². The first kappa shape index (κ1) is 47.6. The topological polar surface area (TPSA) is 242 Å². The summed E-state index contributed by atoms with van der Waals surface area (Å²) >= 11 is 2.25. The Morgan fingerprint density at radius 3 is 1.66 bits per heavy atom. The molecule has 10 rings (SSSR count). The Morgan fingerprint density at radius 2 is 1.19 bits per heavy atom. The Balaban J connectivity index is 0.803. The molecule has 0 radical (unpaired) electrons. The average Bonchev–Trinajstić information content (AvgIpc) is 4.20. The number of aliphatic hydroxyl groups excluding tert-OH is 2. The van der Waals surface area contributed by atoms with Crippen LogP contribution in [0.5, 0.6) is 23.0 Å². The highest BCUT2D eigenvalue weighted by Crippen LogP contribution is 2.45. The van der Waals surface area contributed by atoms with Crippen LogP contribution < -0.4 is 29.6 Å². The monoisotopic (exact) mass is 998 g/mol. The zero-order valence-corrected chi connectivity index (χ0v) is 40.8. The van der Waals surface area contributed by atoms with E-state index >= 15 is 0 Å². The number of guanidine groups is 2. The molecule has 4 N–H and O–H groups in total. The number of nitrogens with zero attached hydrogens (tertiary/aromatic N) is 10. The van der Waals surface area contributed by atoms with Gasteiger partial charge in [-0.3, -0.25) is 49.8 Å². The molecule has 0 aliphatic carbocycles. The van der Waals surface area contributed by atoms with E-state index in [2.05, 4.69) is 30.4 Å². The van der Waals surface area contributed by atoms with Crippen molar-refractivity contribution in [1.29, 1.82) is 0 Å². The van der Waals surface area contributed by atoms with Crippen molar-refractivity contribution in [1.82, 2.24) is 40.2 Å². The molecule has 2 saturated heterocycles. The zero-order valence-electron chi connectivity index (χ0n) is 39.1. The number of aliphatic hydroxyl groups is 2. The standard InChI is InChI=1S/C46H54N12O10S2/c1-25-19-56(20-26(2)68-25)22-28(60)24-67-32-8-6-30-36(38(32)64-4)52-46(58-12-10-48-40(30)58)54-42(62)34-18-50-44(70-34)43-49-17-33(69-43)41(61)53-45-51-35-29(39-47-9-11-57(39)45)5-7-31(37(35)63-3)66-23-27(59)21-55-13-15-65-16-14-55/h5-8,17-18,25-28,59-60H,9-16,19-24H2,1-4H3,(H,51,53,61)(H,52,54,62)/t25-,26+,27-,28-/m0/s1. The summed E-state index contributed by atoms with van der Waals surface area (Å²) in [7, 11) is 3.04. The van der Waals surface area contributed by atoms with Gasteiger partial charge in [-0.25, -0.2) is 20.0 Å². The smallest absolute Gasteiger partial charge is 0.269 e. The van der Waals surface area contributed by atoms with E-state index in [1.54, 1.807) is 12.1 Å². The molecule has 4 aromatic rings. The Kier molecular flexibility index (Phi) is 14.1. The number of aromatic nitrogens is 2. The van der Waals surface area contributed by atoms with E-state index < -0.39 is 24.0 Å². The van der Waals surface area contributed by atoms with Gasteiger partial charge >= 0.3 is 0 Å². The lowest BCUT2D eigenvalue weighted by atomic mass is 10.1. The Bertz CT molecular complexity index is 2750. The fourth-order valence-corrected chi connectivity index (χ4v) is 10.8. The molecule has 0 bridgehead atoms. The number of aliphatic imine (C=N–C) groups is 4. The third kappa shape index (κ3) is 9.94. The molecular weight excluding hydrogens is 945 g/mol. The van der Waals surface area contributed by atoms with Crippen LogP contribution in [-0.4, -0.2) is 206 Å². The number of β-amino-alcohol motifs (C(OH)–C–C–N with tert-alkyl or cyclic N) is 2. The van der Waals surface area contributed by atoms with Crippen LogP contribution in [0.15, 0.2) is 56.6 Å². The average molecular weight is 999 g/mol. The number of methoxy groups -OCH3 is 2. The fourth-order valence-electron chi connectivity index (χ4n) is 9.17. The van der Waals surface area contributed by atoms with Crippen LogP contribution in [0.3, 0.4) is 0 Å². The van der Waals surface area contributed by atoms with Crippen LogP contribution in [-0.2, 0) is 9.47 Å². The number of benzene rings is 2. The number of hydrogen-bond donors (Lipinski definition) is 4. The molecule has 2 aromatic carbocycles. The van der Waals surface area contributed by atoms with E-state index in [4.69, 9.17) is 48.4 Å². The van der Waals surface area contributed by atoms with Crippen molar-refractivity contribution in [3.63, 3.8) is 0 Å². The van der Waals surface area contributed by atoms with Gasteiger partial charge in [-0.1, -0.05) is 0 Å². The molecule has 370 valence electrons. The third-order valence-electron chi connectivity index (χ3n) is 12.2.